The van der Waals surface area contributed by atoms with Gasteiger partial charge in [0.25, 0.3) is 0 Å². The lowest BCUT2D eigenvalue weighted by molar-refractivity contribution is 0.0186. The van der Waals surface area contributed by atoms with Gasteiger partial charge in [0.1, 0.15) is 5.60 Å². The van der Waals surface area contributed by atoms with E-state index in [1.807, 2.05) is 25.7 Å². The molecule has 3 unspecified atom stereocenters. The highest BCUT2D eigenvalue weighted by Gasteiger charge is 2.51. The van der Waals surface area contributed by atoms with E-state index in [2.05, 4.69) is 54.2 Å². The molecule has 0 saturated carbocycles. The van der Waals surface area contributed by atoms with E-state index in [9.17, 15) is 4.79 Å². The molecule has 0 aromatic heterocycles. The quantitative estimate of drug-likeness (QED) is 0.763. The van der Waals surface area contributed by atoms with Crippen molar-refractivity contribution in [3.05, 3.63) is 35.9 Å². The van der Waals surface area contributed by atoms with E-state index in [1.165, 1.54) is 5.56 Å². The molecule has 2 heterocycles. The fourth-order valence-corrected chi connectivity index (χ4v) is 4.46. The zero-order valence-corrected chi connectivity index (χ0v) is 17.5. The number of fused-ring (bicyclic) bond motifs is 2. The first kappa shape index (κ1) is 20.2. The van der Waals surface area contributed by atoms with Crippen LogP contribution in [0.4, 0.5) is 4.79 Å². The first-order valence-electron chi connectivity index (χ1n) is 10.2. The highest BCUT2D eigenvalue weighted by atomic mass is 16.6. The van der Waals surface area contributed by atoms with Crippen LogP contribution in [-0.4, -0.2) is 71.7 Å². The van der Waals surface area contributed by atoms with Crippen LogP contribution in [0, 0.1) is 0 Å². The maximum atomic E-state index is 12.8. The Morgan fingerprint density at radius 1 is 1.15 bits per heavy atom. The average Bonchev–Trinajstić information content (AvgIpc) is 3.16. The monoisotopic (exact) mass is 373 g/mol. The number of nitrogens with zero attached hydrogens (tertiary/aromatic N) is 3. The molecule has 150 valence electrons. The molecular formula is C22H35N3O2. The van der Waals surface area contributed by atoms with Crippen molar-refractivity contribution in [2.24, 2.45) is 0 Å². The van der Waals surface area contributed by atoms with Gasteiger partial charge in [0.2, 0.25) is 0 Å². The number of carbonyl (C=O) groups is 1. The van der Waals surface area contributed by atoms with E-state index in [0.717, 1.165) is 38.9 Å². The van der Waals surface area contributed by atoms with E-state index in [-0.39, 0.29) is 12.1 Å². The van der Waals surface area contributed by atoms with Crippen LogP contribution in [0.1, 0.15) is 45.6 Å². The van der Waals surface area contributed by atoms with Crippen LogP contribution in [0.15, 0.2) is 30.3 Å². The lowest BCUT2D eigenvalue weighted by Gasteiger charge is -2.35. The summed E-state index contributed by atoms with van der Waals surface area (Å²) in [5, 5.41) is 0. The number of rotatable bonds is 6. The van der Waals surface area contributed by atoms with Crippen LogP contribution >= 0.6 is 0 Å². The largest absolute Gasteiger partial charge is 0.444 e. The van der Waals surface area contributed by atoms with Crippen LogP contribution < -0.4 is 0 Å². The van der Waals surface area contributed by atoms with Crippen molar-refractivity contribution in [3.63, 3.8) is 0 Å². The molecule has 0 N–H and O–H groups in total. The lowest BCUT2D eigenvalue weighted by atomic mass is 9.93. The zero-order valence-electron chi connectivity index (χ0n) is 17.5. The van der Waals surface area contributed by atoms with Crippen molar-refractivity contribution in [1.29, 1.82) is 0 Å². The Morgan fingerprint density at radius 2 is 1.85 bits per heavy atom. The standard InChI is InChI=1S/C22H35N3O2/c1-22(2,3)27-21(26)25-18-11-12-19(25)20(15-18)24(14-13-23(4)5)16-17-9-7-6-8-10-17/h6-10,18-20H,11-16H2,1-5H3. The summed E-state index contributed by atoms with van der Waals surface area (Å²) in [5.74, 6) is 0. The summed E-state index contributed by atoms with van der Waals surface area (Å²) in [5.41, 5.74) is 0.895. The summed E-state index contributed by atoms with van der Waals surface area (Å²) >= 11 is 0. The molecule has 2 fully saturated rings. The van der Waals surface area contributed by atoms with E-state index in [4.69, 9.17) is 4.74 Å². The zero-order chi connectivity index (χ0) is 19.6. The van der Waals surface area contributed by atoms with Gasteiger partial charge >= 0.3 is 6.09 Å². The van der Waals surface area contributed by atoms with Crippen molar-refractivity contribution in [2.75, 3.05) is 27.2 Å². The second kappa shape index (κ2) is 8.19. The fourth-order valence-electron chi connectivity index (χ4n) is 4.46. The van der Waals surface area contributed by atoms with Gasteiger partial charge in [-0.3, -0.25) is 4.90 Å². The maximum absolute atomic E-state index is 12.8. The smallest absolute Gasteiger partial charge is 0.410 e. The summed E-state index contributed by atoms with van der Waals surface area (Å²) in [7, 11) is 4.24. The molecule has 1 aromatic rings. The summed E-state index contributed by atoms with van der Waals surface area (Å²) in [6.45, 7) is 8.80. The Morgan fingerprint density at radius 3 is 2.48 bits per heavy atom. The molecule has 3 atom stereocenters. The number of likely N-dealkylation sites (N-methyl/N-ethyl adjacent to an activating group) is 1. The van der Waals surface area contributed by atoms with Gasteiger partial charge < -0.3 is 14.5 Å². The third kappa shape index (κ3) is 5.02. The van der Waals surface area contributed by atoms with Gasteiger partial charge in [-0.05, 0) is 59.7 Å². The van der Waals surface area contributed by atoms with Gasteiger partial charge in [0, 0.05) is 31.7 Å². The van der Waals surface area contributed by atoms with Gasteiger partial charge in [-0.15, -0.1) is 0 Å². The second-order valence-electron chi connectivity index (χ2n) is 9.25. The van der Waals surface area contributed by atoms with Crippen molar-refractivity contribution in [2.45, 2.75) is 70.3 Å². The van der Waals surface area contributed by atoms with E-state index in [1.54, 1.807) is 0 Å². The number of benzene rings is 1. The van der Waals surface area contributed by atoms with E-state index >= 15 is 0 Å². The predicted molar refractivity (Wildman–Crippen MR) is 109 cm³/mol. The Balaban J connectivity index is 1.74. The first-order valence-corrected chi connectivity index (χ1v) is 10.2. The Kier molecular flexibility index (Phi) is 6.11. The normalized spacial score (nSPS) is 24.9. The molecule has 1 aromatic carbocycles. The molecule has 2 aliphatic heterocycles. The molecule has 2 aliphatic rings. The fraction of sp³-hybridized carbons (Fsp3) is 0.682. The van der Waals surface area contributed by atoms with Crippen LogP contribution in [0.25, 0.3) is 0 Å². The van der Waals surface area contributed by atoms with E-state index in [0.29, 0.717) is 12.1 Å². The maximum Gasteiger partial charge on any atom is 0.410 e. The summed E-state index contributed by atoms with van der Waals surface area (Å²) < 4.78 is 5.71. The minimum absolute atomic E-state index is 0.134. The molecule has 0 radical (unpaired) electrons. The number of ether oxygens (including phenoxy) is 1. The molecule has 1 amide bonds. The summed E-state index contributed by atoms with van der Waals surface area (Å²) in [6.07, 6.45) is 3.11. The van der Waals surface area contributed by atoms with E-state index < -0.39 is 5.60 Å². The highest BCUT2D eigenvalue weighted by molar-refractivity contribution is 5.70. The Bertz CT molecular complexity index is 626. The minimum Gasteiger partial charge on any atom is -0.444 e. The Hall–Kier alpha value is -1.59. The highest BCUT2D eigenvalue weighted by Crippen LogP contribution is 2.41. The van der Waals surface area contributed by atoms with Crippen molar-refractivity contribution in [3.8, 4) is 0 Å². The Labute approximate surface area is 164 Å². The molecule has 5 heteroatoms. The third-order valence-corrected chi connectivity index (χ3v) is 5.64. The SMILES string of the molecule is CN(C)CCN(Cc1ccccc1)C1CC2CCC1N2C(=O)OC(C)(C)C. The number of carbonyl (C=O) groups excluding carboxylic acids is 1. The molecule has 3 rings (SSSR count). The van der Waals surface area contributed by atoms with Gasteiger partial charge in [0.15, 0.2) is 0 Å². The van der Waals surface area contributed by atoms with Crippen molar-refractivity contribution < 1.29 is 9.53 Å². The molecular weight excluding hydrogens is 338 g/mol. The number of amides is 1. The van der Waals surface area contributed by atoms with Crippen LogP contribution in [0.3, 0.4) is 0 Å². The van der Waals surface area contributed by atoms with Crippen LogP contribution in [0.2, 0.25) is 0 Å². The van der Waals surface area contributed by atoms with Gasteiger partial charge in [0.05, 0.1) is 6.04 Å². The average molecular weight is 374 g/mol. The first-order chi connectivity index (χ1) is 12.7. The molecule has 0 spiro atoms. The van der Waals surface area contributed by atoms with Crippen molar-refractivity contribution >= 4 is 6.09 Å². The van der Waals surface area contributed by atoms with Gasteiger partial charge in [-0.2, -0.15) is 0 Å². The summed E-state index contributed by atoms with van der Waals surface area (Å²) in [4.78, 5) is 19.6. The van der Waals surface area contributed by atoms with Gasteiger partial charge in [-0.1, -0.05) is 30.3 Å². The van der Waals surface area contributed by atoms with Gasteiger partial charge in [-0.25, -0.2) is 4.79 Å². The second-order valence-corrected chi connectivity index (χ2v) is 9.25. The predicted octanol–water partition coefficient (Wildman–Crippen LogP) is 3.59. The van der Waals surface area contributed by atoms with Crippen LogP contribution in [0.5, 0.6) is 0 Å². The molecule has 5 nitrogen and oxygen atoms in total. The third-order valence-electron chi connectivity index (χ3n) is 5.64. The van der Waals surface area contributed by atoms with Crippen LogP contribution in [-0.2, 0) is 11.3 Å². The van der Waals surface area contributed by atoms with Crippen molar-refractivity contribution in [1.82, 2.24) is 14.7 Å². The topological polar surface area (TPSA) is 36.0 Å². The number of hydrogen-bond donors (Lipinski definition) is 0. The summed E-state index contributed by atoms with van der Waals surface area (Å²) in [6, 6.07) is 11.7. The minimum atomic E-state index is -0.441. The number of hydrogen-bond acceptors (Lipinski definition) is 4. The lowest BCUT2D eigenvalue weighted by Crippen LogP contribution is -2.48. The molecule has 0 aliphatic carbocycles. The molecule has 27 heavy (non-hydrogen) atoms. The molecule has 2 bridgehead atoms. The molecule has 2 saturated heterocycles.